The second-order valence-corrected chi connectivity index (χ2v) is 5.69. The summed E-state index contributed by atoms with van der Waals surface area (Å²) in [5, 5.41) is 2.22. The highest BCUT2D eigenvalue weighted by molar-refractivity contribution is 9.10. The molecule has 0 unspecified atom stereocenters. The number of rotatable bonds is 2. The average Bonchev–Trinajstić information content (AvgIpc) is 2.24. The highest BCUT2D eigenvalue weighted by atomic mass is 79.9. The molecule has 2 aromatic rings. The van der Waals surface area contributed by atoms with Crippen LogP contribution in [-0.2, 0) is 0 Å². The zero-order chi connectivity index (χ0) is 11.5. The van der Waals surface area contributed by atoms with Crippen LogP contribution in [0.15, 0.2) is 50.9 Å². The van der Waals surface area contributed by atoms with Crippen LogP contribution in [0.2, 0.25) is 10.0 Å². The van der Waals surface area contributed by atoms with Gasteiger partial charge in [-0.3, -0.25) is 0 Å². The molecule has 0 N–H and O–H groups in total. The van der Waals surface area contributed by atoms with Crippen molar-refractivity contribution in [1.82, 2.24) is 4.98 Å². The van der Waals surface area contributed by atoms with Crippen molar-refractivity contribution in [3.63, 3.8) is 0 Å². The first-order valence-corrected chi connectivity index (χ1v) is 6.77. The second kappa shape index (κ2) is 5.41. The summed E-state index contributed by atoms with van der Waals surface area (Å²) in [5.41, 5.74) is 0. The van der Waals surface area contributed by atoms with Gasteiger partial charge in [-0.1, -0.05) is 41.0 Å². The summed E-state index contributed by atoms with van der Waals surface area (Å²) in [4.78, 5) is 5.22. The molecular formula is C11H6BrCl2NS. The van der Waals surface area contributed by atoms with Gasteiger partial charge in [0.15, 0.2) is 0 Å². The van der Waals surface area contributed by atoms with Crippen molar-refractivity contribution in [3.05, 3.63) is 51.0 Å². The molecule has 0 aliphatic rings. The van der Waals surface area contributed by atoms with E-state index in [4.69, 9.17) is 23.2 Å². The number of nitrogens with zero attached hydrogens (tertiary/aromatic N) is 1. The van der Waals surface area contributed by atoms with Crippen LogP contribution in [0.3, 0.4) is 0 Å². The molecule has 0 bridgehead atoms. The van der Waals surface area contributed by atoms with Crippen LogP contribution < -0.4 is 0 Å². The van der Waals surface area contributed by atoms with E-state index in [1.165, 1.54) is 11.8 Å². The molecular weight excluding hydrogens is 329 g/mol. The van der Waals surface area contributed by atoms with E-state index < -0.39 is 0 Å². The van der Waals surface area contributed by atoms with E-state index in [9.17, 15) is 0 Å². The van der Waals surface area contributed by atoms with Crippen LogP contribution in [0.4, 0.5) is 0 Å². The molecule has 1 aromatic heterocycles. The normalized spacial score (nSPS) is 10.4. The van der Waals surface area contributed by atoms with Crippen molar-refractivity contribution >= 4 is 50.9 Å². The van der Waals surface area contributed by atoms with Crippen molar-refractivity contribution in [1.29, 1.82) is 0 Å². The van der Waals surface area contributed by atoms with Crippen LogP contribution in [0.1, 0.15) is 0 Å². The molecule has 5 heteroatoms. The van der Waals surface area contributed by atoms with Gasteiger partial charge in [-0.15, -0.1) is 0 Å². The van der Waals surface area contributed by atoms with Crippen molar-refractivity contribution < 1.29 is 0 Å². The Morgan fingerprint density at radius 3 is 2.69 bits per heavy atom. The molecule has 0 aliphatic heterocycles. The maximum atomic E-state index is 6.07. The molecule has 0 saturated heterocycles. The van der Waals surface area contributed by atoms with Crippen molar-refractivity contribution in [2.24, 2.45) is 0 Å². The predicted molar refractivity (Wildman–Crippen MR) is 72.5 cm³/mol. The van der Waals surface area contributed by atoms with Crippen LogP contribution in [-0.4, -0.2) is 4.98 Å². The SMILES string of the molecule is Clc1ccc(Cl)c(Sc2cccc(Br)n2)c1. The lowest BCUT2D eigenvalue weighted by Crippen LogP contribution is -1.81. The quantitative estimate of drug-likeness (QED) is 0.691. The van der Waals surface area contributed by atoms with Crippen LogP contribution in [0, 0.1) is 0 Å². The van der Waals surface area contributed by atoms with Crippen molar-refractivity contribution in [3.8, 4) is 0 Å². The third-order valence-corrected chi connectivity index (χ3v) is 3.91. The molecule has 2 rings (SSSR count). The van der Waals surface area contributed by atoms with Gasteiger partial charge in [0, 0.05) is 9.92 Å². The van der Waals surface area contributed by atoms with E-state index >= 15 is 0 Å². The zero-order valence-corrected chi connectivity index (χ0v) is 11.9. The van der Waals surface area contributed by atoms with Gasteiger partial charge in [-0.25, -0.2) is 4.98 Å². The van der Waals surface area contributed by atoms with E-state index in [1.807, 2.05) is 24.3 Å². The molecule has 82 valence electrons. The summed E-state index contributed by atoms with van der Waals surface area (Å²) in [7, 11) is 0. The van der Waals surface area contributed by atoms with Gasteiger partial charge in [0.05, 0.1) is 5.02 Å². The molecule has 16 heavy (non-hydrogen) atoms. The summed E-state index contributed by atoms with van der Waals surface area (Å²) in [6, 6.07) is 11.1. The highest BCUT2D eigenvalue weighted by Crippen LogP contribution is 2.34. The summed E-state index contributed by atoms with van der Waals surface area (Å²) >= 11 is 16.8. The van der Waals surface area contributed by atoms with Gasteiger partial charge in [-0.2, -0.15) is 0 Å². The number of pyridine rings is 1. The number of hydrogen-bond acceptors (Lipinski definition) is 2. The van der Waals surface area contributed by atoms with Gasteiger partial charge in [-0.05, 0) is 46.3 Å². The minimum atomic E-state index is 0.668. The monoisotopic (exact) mass is 333 g/mol. The standard InChI is InChI=1S/C11H6BrCl2NS/c12-10-2-1-3-11(15-10)16-9-6-7(13)4-5-8(9)14/h1-6H. The fraction of sp³-hybridized carbons (Fsp3) is 0. The van der Waals surface area contributed by atoms with E-state index in [0.29, 0.717) is 10.0 Å². The van der Waals surface area contributed by atoms with Crippen molar-refractivity contribution in [2.45, 2.75) is 9.92 Å². The fourth-order valence-corrected chi connectivity index (χ4v) is 2.91. The minimum absolute atomic E-state index is 0.668. The summed E-state index contributed by atoms with van der Waals surface area (Å²) in [5.74, 6) is 0. The van der Waals surface area contributed by atoms with Gasteiger partial charge >= 0.3 is 0 Å². The highest BCUT2D eigenvalue weighted by Gasteiger charge is 2.05. The smallest absolute Gasteiger partial charge is 0.107 e. The van der Waals surface area contributed by atoms with Crippen molar-refractivity contribution in [2.75, 3.05) is 0 Å². The fourth-order valence-electron chi connectivity index (χ4n) is 1.11. The molecule has 0 saturated carbocycles. The first-order valence-electron chi connectivity index (χ1n) is 4.40. The molecule has 1 heterocycles. The number of halogens is 3. The van der Waals surface area contributed by atoms with Gasteiger partial charge in [0.2, 0.25) is 0 Å². The summed E-state index contributed by atoms with van der Waals surface area (Å²) < 4.78 is 0.802. The van der Waals surface area contributed by atoms with Crippen LogP contribution in [0.5, 0.6) is 0 Å². The number of benzene rings is 1. The molecule has 0 radical (unpaired) electrons. The van der Waals surface area contributed by atoms with E-state index in [2.05, 4.69) is 20.9 Å². The first-order chi connectivity index (χ1) is 7.65. The van der Waals surface area contributed by atoms with Gasteiger partial charge in [0.25, 0.3) is 0 Å². The predicted octanol–water partition coefficient (Wildman–Crippen LogP) is 5.30. The van der Waals surface area contributed by atoms with Gasteiger partial charge in [0.1, 0.15) is 9.63 Å². The van der Waals surface area contributed by atoms with E-state index in [1.54, 1.807) is 12.1 Å². The van der Waals surface area contributed by atoms with E-state index in [0.717, 1.165) is 14.5 Å². The minimum Gasteiger partial charge on any atom is -0.234 e. The third kappa shape index (κ3) is 3.14. The van der Waals surface area contributed by atoms with Crippen LogP contribution >= 0.6 is 50.9 Å². The average molecular weight is 335 g/mol. The summed E-state index contributed by atoms with van der Waals surface area (Å²) in [6.45, 7) is 0. The maximum absolute atomic E-state index is 6.07. The molecule has 1 nitrogen and oxygen atoms in total. The maximum Gasteiger partial charge on any atom is 0.107 e. The molecule has 0 atom stereocenters. The molecule has 0 aliphatic carbocycles. The first kappa shape index (κ1) is 12.2. The Bertz CT molecular complexity index is 519. The zero-order valence-electron chi connectivity index (χ0n) is 7.95. The largest absolute Gasteiger partial charge is 0.234 e. The third-order valence-electron chi connectivity index (χ3n) is 1.80. The Morgan fingerprint density at radius 1 is 1.12 bits per heavy atom. The number of aromatic nitrogens is 1. The lowest BCUT2D eigenvalue weighted by molar-refractivity contribution is 1.10. The second-order valence-electron chi connectivity index (χ2n) is 2.98. The Morgan fingerprint density at radius 2 is 1.94 bits per heavy atom. The molecule has 0 amide bonds. The lowest BCUT2D eigenvalue weighted by atomic mass is 10.4. The van der Waals surface area contributed by atoms with Gasteiger partial charge < -0.3 is 0 Å². The Labute approximate surface area is 116 Å². The molecule has 0 fully saturated rings. The van der Waals surface area contributed by atoms with E-state index in [-0.39, 0.29) is 0 Å². The molecule has 1 aromatic carbocycles. The number of hydrogen-bond donors (Lipinski definition) is 0. The lowest BCUT2D eigenvalue weighted by Gasteiger charge is -2.04. The Kier molecular flexibility index (Phi) is 4.14. The molecule has 0 spiro atoms. The summed E-state index contributed by atoms with van der Waals surface area (Å²) in [6.07, 6.45) is 0. The Hall–Kier alpha value is -0.220. The Balaban J connectivity index is 2.30. The topological polar surface area (TPSA) is 12.9 Å². The van der Waals surface area contributed by atoms with Crippen LogP contribution in [0.25, 0.3) is 0 Å².